The van der Waals surface area contributed by atoms with Gasteiger partial charge in [-0.15, -0.1) is 0 Å². The molecule has 0 spiro atoms. The van der Waals surface area contributed by atoms with Gasteiger partial charge in [0.05, 0.1) is 6.20 Å². The summed E-state index contributed by atoms with van der Waals surface area (Å²) < 4.78 is 14.1. The van der Waals surface area contributed by atoms with E-state index in [1.165, 1.54) is 12.8 Å². The Morgan fingerprint density at radius 2 is 2.15 bits per heavy atom. The van der Waals surface area contributed by atoms with E-state index in [-0.39, 0.29) is 5.82 Å². The van der Waals surface area contributed by atoms with E-state index >= 15 is 0 Å². The summed E-state index contributed by atoms with van der Waals surface area (Å²) in [5.41, 5.74) is 3.25. The summed E-state index contributed by atoms with van der Waals surface area (Å²) in [6, 6.07) is 9.98. The molecule has 0 radical (unpaired) electrons. The third kappa shape index (κ3) is 3.21. The fraction of sp³-hybridized carbons (Fsp3) is 0.211. The lowest BCUT2D eigenvalue weighted by atomic mass is 10.1. The number of rotatable bonds is 6. The van der Waals surface area contributed by atoms with Crippen LogP contribution in [0.2, 0.25) is 0 Å². The number of aromatic amines is 2. The largest absolute Gasteiger partial charge is 0.361 e. The summed E-state index contributed by atoms with van der Waals surface area (Å²) in [7, 11) is 0. The molecule has 0 bridgehead atoms. The fourth-order valence-corrected chi connectivity index (χ4v) is 3.14. The summed E-state index contributed by atoms with van der Waals surface area (Å²) >= 11 is 0. The average molecular weight is 363 g/mol. The van der Waals surface area contributed by atoms with Crippen LogP contribution in [-0.4, -0.2) is 25.1 Å². The van der Waals surface area contributed by atoms with E-state index in [9.17, 15) is 4.39 Å². The first-order chi connectivity index (χ1) is 13.3. The normalized spacial score (nSPS) is 13.8. The van der Waals surface area contributed by atoms with Crippen molar-refractivity contribution in [3.05, 3.63) is 59.8 Å². The van der Waals surface area contributed by atoms with Crippen LogP contribution in [0.5, 0.6) is 0 Å². The van der Waals surface area contributed by atoms with Crippen LogP contribution in [-0.2, 0) is 6.54 Å². The van der Waals surface area contributed by atoms with Gasteiger partial charge >= 0.3 is 0 Å². The van der Waals surface area contributed by atoms with Crippen LogP contribution in [0.4, 0.5) is 22.0 Å². The molecule has 5 rings (SSSR count). The third-order valence-corrected chi connectivity index (χ3v) is 4.73. The van der Waals surface area contributed by atoms with Gasteiger partial charge in [-0.2, -0.15) is 10.1 Å². The van der Waals surface area contributed by atoms with Crippen molar-refractivity contribution in [3.8, 4) is 0 Å². The van der Waals surface area contributed by atoms with Crippen LogP contribution < -0.4 is 10.6 Å². The third-order valence-electron chi connectivity index (χ3n) is 4.73. The second kappa shape index (κ2) is 6.39. The Bertz CT molecular complexity index is 1100. The Labute approximate surface area is 154 Å². The lowest BCUT2D eigenvalue weighted by Gasteiger charge is -2.09. The van der Waals surface area contributed by atoms with Gasteiger partial charge in [-0.05, 0) is 30.5 Å². The van der Waals surface area contributed by atoms with Crippen LogP contribution in [0.25, 0.3) is 10.9 Å². The number of H-pyrrole nitrogens is 2. The van der Waals surface area contributed by atoms with Gasteiger partial charge in [0, 0.05) is 41.3 Å². The highest BCUT2D eigenvalue weighted by atomic mass is 19.1. The molecule has 4 aromatic rings. The molecule has 1 aliphatic rings. The van der Waals surface area contributed by atoms with Gasteiger partial charge in [0.25, 0.3) is 0 Å². The van der Waals surface area contributed by atoms with Crippen molar-refractivity contribution in [2.24, 2.45) is 0 Å². The lowest BCUT2D eigenvalue weighted by Crippen LogP contribution is -2.07. The van der Waals surface area contributed by atoms with Crippen molar-refractivity contribution < 1.29 is 4.39 Å². The minimum atomic E-state index is -0.524. The molecule has 7 nitrogen and oxygen atoms in total. The summed E-state index contributed by atoms with van der Waals surface area (Å²) in [5, 5.41) is 14.4. The fourth-order valence-electron chi connectivity index (χ4n) is 3.14. The summed E-state index contributed by atoms with van der Waals surface area (Å²) in [6.07, 6.45) is 5.41. The van der Waals surface area contributed by atoms with Crippen molar-refractivity contribution in [1.82, 2.24) is 25.1 Å². The maximum absolute atomic E-state index is 14.1. The van der Waals surface area contributed by atoms with Gasteiger partial charge in [0.2, 0.25) is 5.95 Å². The smallest absolute Gasteiger partial charge is 0.225 e. The topological polar surface area (TPSA) is 94.3 Å². The molecule has 1 fully saturated rings. The van der Waals surface area contributed by atoms with Gasteiger partial charge in [-0.3, -0.25) is 5.10 Å². The maximum atomic E-state index is 14.1. The maximum Gasteiger partial charge on any atom is 0.225 e. The van der Waals surface area contributed by atoms with Crippen LogP contribution in [0, 0.1) is 5.82 Å². The number of nitrogens with zero attached hydrogens (tertiary/aromatic N) is 3. The van der Waals surface area contributed by atoms with E-state index in [1.807, 2.05) is 36.5 Å². The number of hydrogen-bond donors (Lipinski definition) is 4. The number of benzene rings is 1. The van der Waals surface area contributed by atoms with E-state index in [2.05, 4.69) is 35.8 Å². The zero-order valence-electron chi connectivity index (χ0n) is 14.5. The van der Waals surface area contributed by atoms with Crippen molar-refractivity contribution in [3.63, 3.8) is 0 Å². The quantitative estimate of drug-likeness (QED) is 0.415. The number of halogens is 1. The van der Waals surface area contributed by atoms with Gasteiger partial charge in [-0.25, -0.2) is 9.37 Å². The summed E-state index contributed by atoms with van der Waals surface area (Å²) in [5.74, 6) is 1.03. The molecule has 27 heavy (non-hydrogen) atoms. The number of anilines is 3. The van der Waals surface area contributed by atoms with Crippen molar-refractivity contribution >= 4 is 28.5 Å². The van der Waals surface area contributed by atoms with E-state index < -0.39 is 5.82 Å². The molecular weight excluding hydrogens is 345 g/mol. The minimum absolute atomic E-state index is 0.0983. The van der Waals surface area contributed by atoms with Crippen molar-refractivity contribution in [2.75, 3.05) is 10.6 Å². The monoisotopic (exact) mass is 363 g/mol. The Hall–Kier alpha value is -3.42. The Kier molecular flexibility index (Phi) is 3.74. The van der Waals surface area contributed by atoms with Gasteiger partial charge in [0.15, 0.2) is 17.5 Å². The van der Waals surface area contributed by atoms with Crippen molar-refractivity contribution in [1.29, 1.82) is 0 Å². The first kappa shape index (κ1) is 15.8. The highest BCUT2D eigenvalue weighted by molar-refractivity contribution is 5.83. The van der Waals surface area contributed by atoms with Crippen LogP contribution >= 0.6 is 0 Å². The Balaban J connectivity index is 1.32. The number of fused-ring (bicyclic) bond motifs is 1. The van der Waals surface area contributed by atoms with E-state index in [1.54, 1.807) is 0 Å². The van der Waals surface area contributed by atoms with Gasteiger partial charge < -0.3 is 15.6 Å². The molecule has 3 aromatic heterocycles. The predicted octanol–water partition coefficient (Wildman–Crippen LogP) is 4.05. The second-order valence-electron chi connectivity index (χ2n) is 6.71. The molecule has 0 unspecified atom stereocenters. The molecule has 1 aromatic carbocycles. The highest BCUT2D eigenvalue weighted by Crippen LogP contribution is 2.39. The summed E-state index contributed by atoms with van der Waals surface area (Å²) in [4.78, 5) is 11.5. The van der Waals surface area contributed by atoms with Crippen molar-refractivity contribution in [2.45, 2.75) is 25.3 Å². The van der Waals surface area contributed by atoms with Gasteiger partial charge in [-0.1, -0.05) is 12.1 Å². The predicted molar refractivity (Wildman–Crippen MR) is 101 cm³/mol. The Morgan fingerprint density at radius 1 is 1.22 bits per heavy atom. The standard InChI is InChI=1S/C19H18FN7/c20-14-10-23-19(22-9-12-2-1-3-15-13(12)6-7-21-15)25-18(14)24-17-8-16(26-27-17)11-4-5-11/h1-3,6-8,10-11,21H,4-5,9H2,(H3,22,23,24,25,26,27). The molecule has 0 atom stereocenters. The molecular formula is C19H18FN7. The van der Waals surface area contributed by atoms with Crippen LogP contribution in [0.15, 0.2) is 42.7 Å². The summed E-state index contributed by atoms with van der Waals surface area (Å²) in [6.45, 7) is 0.536. The molecule has 4 N–H and O–H groups in total. The molecule has 1 aliphatic carbocycles. The lowest BCUT2D eigenvalue weighted by molar-refractivity contribution is 0.619. The zero-order valence-corrected chi connectivity index (χ0v) is 14.5. The van der Waals surface area contributed by atoms with Gasteiger partial charge in [0.1, 0.15) is 0 Å². The van der Waals surface area contributed by atoms with Crippen LogP contribution in [0.3, 0.4) is 0 Å². The van der Waals surface area contributed by atoms with Crippen LogP contribution in [0.1, 0.15) is 30.0 Å². The molecule has 136 valence electrons. The number of nitrogens with one attached hydrogen (secondary N) is 4. The average Bonchev–Trinajstić information content (AvgIpc) is 3.23. The SMILES string of the molecule is Fc1cnc(NCc2cccc3[nH]ccc23)nc1Nc1cc(C2CC2)[nH]n1. The molecule has 0 aliphatic heterocycles. The second-order valence-corrected chi connectivity index (χ2v) is 6.71. The Morgan fingerprint density at radius 3 is 3.04 bits per heavy atom. The molecule has 8 heteroatoms. The van der Waals surface area contributed by atoms with E-state index in [4.69, 9.17) is 0 Å². The highest BCUT2D eigenvalue weighted by Gasteiger charge is 2.25. The number of aromatic nitrogens is 5. The molecule has 1 saturated carbocycles. The zero-order chi connectivity index (χ0) is 18.2. The first-order valence-electron chi connectivity index (χ1n) is 8.90. The first-order valence-corrected chi connectivity index (χ1v) is 8.90. The molecule has 0 saturated heterocycles. The number of hydrogen-bond acceptors (Lipinski definition) is 5. The molecule has 3 heterocycles. The molecule has 0 amide bonds. The van der Waals surface area contributed by atoms with E-state index in [0.29, 0.717) is 24.2 Å². The minimum Gasteiger partial charge on any atom is -0.361 e. The van der Waals surface area contributed by atoms with E-state index in [0.717, 1.165) is 28.4 Å².